The van der Waals surface area contributed by atoms with Gasteiger partial charge in [-0.1, -0.05) is 19.3 Å². The molecular formula is C8H13O. The Morgan fingerprint density at radius 2 is 2.22 bits per heavy atom. The lowest BCUT2D eigenvalue weighted by Gasteiger charge is -1.84. The minimum atomic E-state index is 0.553. The monoisotopic (exact) mass is 125 g/mol. The summed E-state index contributed by atoms with van der Waals surface area (Å²) in [5, 5.41) is 0. The Labute approximate surface area is 57.4 Å². The van der Waals surface area contributed by atoms with Crippen LogP contribution in [0.15, 0.2) is 0 Å². The normalized spacial score (nSPS) is 8.22. The molecule has 0 N–H and O–H groups in total. The molecule has 51 valence electrons. The van der Waals surface area contributed by atoms with Crippen LogP contribution in [0, 0.1) is 18.8 Å². The number of methoxy groups -OCH3 is 1. The van der Waals surface area contributed by atoms with E-state index < -0.39 is 0 Å². The summed E-state index contributed by atoms with van der Waals surface area (Å²) in [5.74, 6) is 5.84. The fourth-order valence-electron chi connectivity index (χ4n) is 0.425. The Kier molecular flexibility index (Phi) is 7.12. The van der Waals surface area contributed by atoms with Gasteiger partial charge >= 0.3 is 0 Å². The third-order valence-electron chi connectivity index (χ3n) is 0.893. The Balaban J connectivity index is 2.96. The molecule has 0 amide bonds. The zero-order chi connectivity index (χ0) is 6.95. The van der Waals surface area contributed by atoms with Gasteiger partial charge in [0, 0.05) is 13.5 Å². The zero-order valence-electron chi connectivity index (χ0n) is 5.94. The van der Waals surface area contributed by atoms with E-state index in [-0.39, 0.29) is 0 Å². The van der Waals surface area contributed by atoms with E-state index in [1.54, 1.807) is 7.11 Å². The molecule has 0 heterocycles. The highest BCUT2D eigenvalue weighted by molar-refractivity contribution is 4.98. The third-order valence-corrected chi connectivity index (χ3v) is 0.893. The summed E-state index contributed by atoms with van der Waals surface area (Å²) in [7, 11) is 1.65. The molecule has 0 fully saturated rings. The Morgan fingerprint density at radius 3 is 2.78 bits per heavy atom. The average molecular weight is 125 g/mol. The van der Waals surface area contributed by atoms with Gasteiger partial charge in [0.1, 0.15) is 6.61 Å². The fourth-order valence-corrected chi connectivity index (χ4v) is 0.425. The van der Waals surface area contributed by atoms with Crippen LogP contribution in [-0.4, -0.2) is 13.7 Å². The highest BCUT2D eigenvalue weighted by atomic mass is 16.5. The van der Waals surface area contributed by atoms with Crippen LogP contribution in [0.4, 0.5) is 0 Å². The van der Waals surface area contributed by atoms with Gasteiger partial charge in [0.15, 0.2) is 0 Å². The summed E-state index contributed by atoms with van der Waals surface area (Å²) < 4.78 is 4.73. The van der Waals surface area contributed by atoms with Crippen LogP contribution in [0.25, 0.3) is 0 Å². The molecule has 1 radical (unpaired) electrons. The van der Waals surface area contributed by atoms with Gasteiger partial charge in [0.25, 0.3) is 0 Å². The summed E-state index contributed by atoms with van der Waals surface area (Å²) >= 11 is 0. The summed E-state index contributed by atoms with van der Waals surface area (Å²) in [6.45, 7) is 4.26. The summed E-state index contributed by atoms with van der Waals surface area (Å²) in [6, 6.07) is 0. The first-order valence-electron chi connectivity index (χ1n) is 3.15. The van der Waals surface area contributed by atoms with Crippen molar-refractivity contribution in [3.63, 3.8) is 0 Å². The van der Waals surface area contributed by atoms with E-state index in [1.165, 1.54) is 0 Å². The lowest BCUT2D eigenvalue weighted by molar-refractivity contribution is 0.239. The summed E-state index contributed by atoms with van der Waals surface area (Å²) in [6.07, 6.45) is 3.02. The van der Waals surface area contributed by atoms with E-state index in [2.05, 4.69) is 18.8 Å². The quantitative estimate of drug-likeness (QED) is 0.411. The van der Waals surface area contributed by atoms with E-state index in [0.717, 1.165) is 19.3 Å². The van der Waals surface area contributed by atoms with Gasteiger partial charge in [-0.05, 0) is 6.42 Å². The number of hydrogen-bond donors (Lipinski definition) is 0. The molecule has 9 heavy (non-hydrogen) atoms. The predicted octanol–water partition coefficient (Wildman–Crippen LogP) is 1.64. The number of unbranched alkanes of at least 4 members (excludes halogenated alkanes) is 2. The van der Waals surface area contributed by atoms with Crippen molar-refractivity contribution >= 4 is 0 Å². The molecule has 0 atom stereocenters. The largest absolute Gasteiger partial charge is 0.372 e. The molecule has 0 spiro atoms. The molecule has 0 aliphatic carbocycles. The first-order chi connectivity index (χ1) is 4.41. The van der Waals surface area contributed by atoms with Crippen LogP contribution in [-0.2, 0) is 4.74 Å². The van der Waals surface area contributed by atoms with Crippen LogP contribution in [0.3, 0.4) is 0 Å². The maximum absolute atomic E-state index is 4.73. The van der Waals surface area contributed by atoms with Crippen LogP contribution >= 0.6 is 0 Å². The molecule has 0 aromatic rings. The van der Waals surface area contributed by atoms with E-state index in [4.69, 9.17) is 4.74 Å². The van der Waals surface area contributed by atoms with Crippen molar-refractivity contribution in [2.45, 2.75) is 19.3 Å². The molecule has 1 nitrogen and oxygen atoms in total. The van der Waals surface area contributed by atoms with Crippen molar-refractivity contribution in [1.29, 1.82) is 0 Å². The van der Waals surface area contributed by atoms with Gasteiger partial charge in [0.2, 0.25) is 0 Å². The molecule has 0 aromatic heterocycles. The van der Waals surface area contributed by atoms with E-state index >= 15 is 0 Å². The minimum Gasteiger partial charge on any atom is -0.372 e. The van der Waals surface area contributed by atoms with Crippen LogP contribution in [0.5, 0.6) is 0 Å². The SMILES string of the molecule is [CH2]CCCC#CCOC. The lowest BCUT2D eigenvalue weighted by atomic mass is 10.2. The molecule has 0 aliphatic rings. The number of hydrogen-bond acceptors (Lipinski definition) is 1. The molecule has 0 aliphatic heterocycles. The minimum absolute atomic E-state index is 0.553. The standard InChI is InChI=1S/C8H13O/c1-3-4-5-6-7-8-9-2/h1,3-5,8H2,2H3. The topological polar surface area (TPSA) is 9.23 Å². The first-order valence-corrected chi connectivity index (χ1v) is 3.15. The second-order valence-electron chi connectivity index (χ2n) is 1.74. The highest BCUT2D eigenvalue weighted by Crippen LogP contribution is 1.89. The number of rotatable bonds is 3. The van der Waals surface area contributed by atoms with Gasteiger partial charge in [-0.15, -0.1) is 5.92 Å². The van der Waals surface area contributed by atoms with Gasteiger partial charge < -0.3 is 4.74 Å². The van der Waals surface area contributed by atoms with Crippen molar-refractivity contribution in [2.75, 3.05) is 13.7 Å². The summed E-state index contributed by atoms with van der Waals surface area (Å²) in [5.41, 5.74) is 0. The average Bonchev–Trinajstić information content (AvgIpc) is 1.89. The maximum atomic E-state index is 4.73. The smallest absolute Gasteiger partial charge is 0.107 e. The van der Waals surface area contributed by atoms with Crippen LogP contribution < -0.4 is 0 Å². The predicted molar refractivity (Wildman–Crippen MR) is 38.9 cm³/mol. The van der Waals surface area contributed by atoms with E-state index in [9.17, 15) is 0 Å². The van der Waals surface area contributed by atoms with Gasteiger partial charge in [-0.2, -0.15) is 0 Å². The maximum Gasteiger partial charge on any atom is 0.107 e. The van der Waals surface area contributed by atoms with Crippen molar-refractivity contribution in [3.8, 4) is 11.8 Å². The number of ether oxygens (including phenoxy) is 1. The van der Waals surface area contributed by atoms with Gasteiger partial charge in [-0.3, -0.25) is 0 Å². The highest BCUT2D eigenvalue weighted by Gasteiger charge is 1.75. The second kappa shape index (κ2) is 7.52. The zero-order valence-corrected chi connectivity index (χ0v) is 5.94. The molecule has 1 heteroatoms. The lowest BCUT2D eigenvalue weighted by Crippen LogP contribution is -1.80. The molecule has 0 bridgehead atoms. The second-order valence-corrected chi connectivity index (χ2v) is 1.74. The Bertz CT molecular complexity index is 96.9. The van der Waals surface area contributed by atoms with Crippen LogP contribution in [0.2, 0.25) is 0 Å². The van der Waals surface area contributed by atoms with E-state index in [0.29, 0.717) is 6.61 Å². The van der Waals surface area contributed by atoms with Crippen LogP contribution in [0.1, 0.15) is 19.3 Å². The molecule has 0 saturated heterocycles. The van der Waals surface area contributed by atoms with Gasteiger partial charge in [0.05, 0.1) is 0 Å². The molecule has 0 saturated carbocycles. The third kappa shape index (κ3) is 7.52. The Hall–Kier alpha value is -0.480. The van der Waals surface area contributed by atoms with Crippen molar-refractivity contribution in [3.05, 3.63) is 6.92 Å². The van der Waals surface area contributed by atoms with Crippen molar-refractivity contribution in [1.82, 2.24) is 0 Å². The van der Waals surface area contributed by atoms with Crippen molar-refractivity contribution in [2.24, 2.45) is 0 Å². The molecule has 0 aromatic carbocycles. The molecular weight excluding hydrogens is 112 g/mol. The fraction of sp³-hybridized carbons (Fsp3) is 0.625. The van der Waals surface area contributed by atoms with E-state index in [1.807, 2.05) is 0 Å². The van der Waals surface area contributed by atoms with Gasteiger partial charge in [-0.25, -0.2) is 0 Å². The summed E-state index contributed by atoms with van der Waals surface area (Å²) in [4.78, 5) is 0. The Morgan fingerprint density at radius 1 is 1.44 bits per heavy atom. The van der Waals surface area contributed by atoms with Crippen molar-refractivity contribution < 1.29 is 4.74 Å². The molecule has 0 unspecified atom stereocenters. The molecule has 0 rings (SSSR count). The first kappa shape index (κ1) is 8.52.